The number of hydrogen-bond acceptors (Lipinski definition) is 2. The highest BCUT2D eigenvalue weighted by Crippen LogP contribution is 2.31. The normalized spacial score (nSPS) is 10.3. The first-order valence-electron chi connectivity index (χ1n) is 5.70. The fraction of sp³-hybridized carbons (Fsp3) is 0.133. The lowest BCUT2D eigenvalue weighted by molar-refractivity contribution is 0.0697. The van der Waals surface area contributed by atoms with Crippen LogP contribution in [0.1, 0.15) is 15.9 Å². The predicted octanol–water partition coefficient (Wildman–Crippen LogP) is 4.02. The van der Waals surface area contributed by atoms with Gasteiger partial charge in [0.05, 0.1) is 17.7 Å². The second-order valence-electron chi connectivity index (χ2n) is 4.24. The molecule has 2 rings (SSSR count). The van der Waals surface area contributed by atoms with E-state index in [-0.39, 0.29) is 5.56 Å². The first kappa shape index (κ1) is 13.4. The molecule has 0 radical (unpaired) electrons. The highest BCUT2D eigenvalue weighted by Gasteiger charge is 2.09. The summed E-state index contributed by atoms with van der Waals surface area (Å²) in [6.07, 6.45) is 0. The van der Waals surface area contributed by atoms with Gasteiger partial charge >= 0.3 is 5.97 Å². The maximum absolute atomic E-state index is 11.1. The van der Waals surface area contributed by atoms with E-state index in [2.05, 4.69) is 0 Å². The molecule has 0 aromatic heterocycles. The highest BCUT2D eigenvalue weighted by molar-refractivity contribution is 6.32. The Labute approximate surface area is 116 Å². The zero-order chi connectivity index (χ0) is 14.0. The molecular formula is C15H13ClO3. The molecule has 0 aliphatic heterocycles. The Morgan fingerprint density at radius 1 is 1.16 bits per heavy atom. The van der Waals surface area contributed by atoms with Crippen LogP contribution >= 0.6 is 11.6 Å². The minimum Gasteiger partial charge on any atom is -0.495 e. The predicted molar refractivity (Wildman–Crippen MR) is 75.1 cm³/mol. The van der Waals surface area contributed by atoms with Gasteiger partial charge in [0.1, 0.15) is 5.75 Å². The summed E-state index contributed by atoms with van der Waals surface area (Å²) in [5, 5.41) is 9.61. The van der Waals surface area contributed by atoms with E-state index in [9.17, 15) is 4.79 Å². The lowest BCUT2D eigenvalue weighted by Gasteiger charge is -2.08. The molecule has 0 unspecified atom stereocenters. The number of ether oxygens (including phenoxy) is 1. The SMILES string of the molecule is COc1cc(-c2cc(C)cc(C(=O)O)c2)ccc1Cl. The Morgan fingerprint density at radius 2 is 1.89 bits per heavy atom. The zero-order valence-corrected chi connectivity index (χ0v) is 11.4. The first-order valence-corrected chi connectivity index (χ1v) is 6.08. The van der Waals surface area contributed by atoms with E-state index >= 15 is 0 Å². The third-order valence-corrected chi connectivity index (χ3v) is 3.12. The van der Waals surface area contributed by atoms with Gasteiger partial charge in [-0.05, 0) is 47.9 Å². The van der Waals surface area contributed by atoms with Gasteiger partial charge in [0.15, 0.2) is 0 Å². The first-order chi connectivity index (χ1) is 9.01. The van der Waals surface area contributed by atoms with Crippen LogP contribution in [0.2, 0.25) is 5.02 Å². The van der Waals surface area contributed by atoms with Gasteiger partial charge in [0, 0.05) is 0 Å². The standard InChI is InChI=1S/C15H13ClO3/c1-9-5-11(7-12(6-9)15(17)18)10-3-4-13(16)14(8-10)19-2/h3-8H,1-2H3,(H,17,18). The maximum Gasteiger partial charge on any atom is 0.335 e. The van der Waals surface area contributed by atoms with Crippen molar-refractivity contribution in [2.45, 2.75) is 6.92 Å². The number of carboxylic acid groups (broad SMARTS) is 1. The van der Waals surface area contributed by atoms with E-state index in [1.165, 1.54) is 0 Å². The van der Waals surface area contributed by atoms with Gasteiger partial charge in [0.2, 0.25) is 0 Å². The molecule has 0 aliphatic rings. The van der Waals surface area contributed by atoms with Crippen LogP contribution < -0.4 is 4.74 Å². The molecule has 1 N–H and O–H groups in total. The average molecular weight is 277 g/mol. The van der Waals surface area contributed by atoms with Crippen molar-refractivity contribution in [3.8, 4) is 16.9 Å². The summed E-state index contributed by atoms with van der Waals surface area (Å²) < 4.78 is 5.17. The highest BCUT2D eigenvalue weighted by atomic mass is 35.5. The number of carboxylic acids is 1. The molecule has 0 spiro atoms. The number of hydrogen-bond donors (Lipinski definition) is 1. The Kier molecular flexibility index (Phi) is 3.76. The molecule has 0 heterocycles. The Balaban J connectivity index is 2.55. The molecule has 2 aromatic carbocycles. The monoisotopic (exact) mass is 276 g/mol. The summed E-state index contributed by atoms with van der Waals surface area (Å²) in [5.41, 5.74) is 2.85. The van der Waals surface area contributed by atoms with Gasteiger partial charge in [0.25, 0.3) is 0 Å². The third-order valence-electron chi connectivity index (χ3n) is 2.81. The minimum absolute atomic E-state index is 0.268. The Bertz CT molecular complexity index is 635. The van der Waals surface area contributed by atoms with Gasteiger partial charge in [-0.3, -0.25) is 0 Å². The summed E-state index contributed by atoms with van der Waals surface area (Å²) in [6.45, 7) is 1.86. The number of benzene rings is 2. The summed E-state index contributed by atoms with van der Waals surface area (Å²) in [6, 6.07) is 10.6. The lowest BCUT2D eigenvalue weighted by Crippen LogP contribution is -1.97. The number of aryl methyl sites for hydroxylation is 1. The molecule has 19 heavy (non-hydrogen) atoms. The summed E-state index contributed by atoms with van der Waals surface area (Å²) >= 11 is 5.98. The van der Waals surface area contributed by atoms with Crippen molar-refractivity contribution < 1.29 is 14.6 Å². The maximum atomic E-state index is 11.1. The number of carbonyl (C=O) groups is 1. The Morgan fingerprint density at radius 3 is 2.53 bits per heavy atom. The van der Waals surface area contributed by atoms with Crippen molar-refractivity contribution in [1.29, 1.82) is 0 Å². The lowest BCUT2D eigenvalue weighted by atomic mass is 10.00. The quantitative estimate of drug-likeness (QED) is 0.921. The van der Waals surface area contributed by atoms with Crippen molar-refractivity contribution >= 4 is 17.6 Å². The van der Waals surface area contributed by atoms with E-state index in [1.807, 2.05) is 19.1 Å². The van der Waals surface area contributed by atoms with E-state index in [0.29, 0.717) is 10.8 Å². The van der Waals surface area contributed by atoms with Gasteiger partial charge in [-0.2, -0.15) is 0 Å². The van der Waals surface area contributed by atoms with Crippen molar-refractivity contribution in [3.63, 3.8) is 0 Å². The van der Waals surface area contributed by atoms with Crippen LogP contribution in [0.4, 0.5) is 0 Å². The minimum atomic E-state index is -0.939. The number of aromatic carboxylic acids is 1. The molecule has 3 nitrogen and oxygen atoms in total. The van der Waals surface area contributed by atoms with Gasteiger partial charge in [-0.1, -0.05) is 23.7 Å². The van der Waals surface area contributed by atoms with Crippen molar-refractivity contribution in [2.24, 2.45) is 0 Å². The van der Waals surface area contributed by atoms with Crippen LogP contribution in [0.25, 0.3) is 11.1 Å². The van der Waals surface area contributed by atoms with Gasteiger partial charge in [-0.15, -0.1) is 0 Å². The smallest absolute Gasteiger partial charge is 0.335 e. The number of rotatable bonds is 3. The van der Waals surface area contributed by atoms with Crippen LogP contribution in [0.3, 0.4) is 0 Å². The molecule has 98 valence electrons. The van der Waals surface area contributed by atoms with Gasteiger partial charge < -0.3 is 9.84 Å². The molecule has 0 bridgehead atoms. The molecular weight excluding hydrogens is 264 g/mol. The fourth-order valence-corrected chi connectivity index (χ4v) is 2.11. The number of methoxy groups -OCH3 is 1. The van der Waals surface area contributed by atoms with E-state index in [4.69, 9.17) is 21.4 Å². The topological polar surface area (TPSA) is 46.5 Å². The fourth-order valence-electron chi connectivity index (χ4n) is 1.91. The molecule has 4 heteroatoms. The number of halogens is 1. The van der Waals surface area contributed by atoms with E-state index in [1.54, 1.807) is 31.4 Å². The second kappa shape index (κ2) is 5.33. The molecule has 2 aromatic rings. The van der Waals surface area contributed by atoms with Crippen LogP contribution in [0.5, 0.6) is 5.75 Å². The van der Waals surface area contributed by atoms with Crippen LogP contribution in [0, 0.1) is 6.92 Å². The van der Waals surface area contributed by atoms with Gasteiger partial charge in [-0.25, -0.2) is 4.79 Å². The molecule has 0 amide bonds. The van der Waals surface area contributed by atoms with Crippen molar-refractivity contribution in [3.05, 3.63) is 52.5 Å². The zero-order valence-electron chi connectivity index (χ0n) is 10.6. The van der Waals surface area contributed by atoms with Crippen molar-refractivity contribution in [2.75, 3.05) is 7.11 Å². The van der Waals surface area contributed by atoms with E-state index in [0.717, 1.165) is 16.7 Å². The molecule has 0 saturated heterocycles. The largest absolute Gasteiger partial charge is 0.495 e. The summed E-state index contributed by atoms with van der Waals surface area (Å²) in [5.74, 6) is -0.372. The van der Waals surface area contributed by atoms with Crippen molar-refractivity contribution in [1.82, 2.24) is 0 Å². The van der Waals surface area contributed by atoms with Crippen LogP contribution in [0.15, 0.2) is 36.4 Å². The van der Waals surface area contributed by atoms with Crippen LogP contribution in [-0.4, -0.2) is 18.2 Å². The summed E-state index contributed by atoms with van der Waals surface area (Å²) in [4.78, 5) is 11.1. The Hall–Kier alpha value is -2.00. The molecule has 0 aliphatic carbocycles. The van der Waals surface area contributed by atoms with E-state index < -0.39 is 5.97 Å². The third kappa shape index (κ3) is 2.88. The van der Waals surface area contributed by atoms with Crippen LogP contribution in [-0.2, 0) is 0 Å². The molecule has 0 atom stereocenters. The molecule has 0 fully saturated rings. The summed E-state index contributed by atoms with van der Waals surface area (Å²) in [7, 11) is 1.55. The molecule has 0 saturated carbocycles. The average Bonchev–Trinajstić information content (AvgIpc) is 2.38. The second-order valence-corrected chi connectivity index (χ2v) is 4.65.